The van der Waals surface area contributed by atoms with Crippen molar-refractivity contribution in [3.63, 3.8) is 0 Å². The first-order chi connectivity index (χ1) is 10.5. The molecular formula is C18H29N3O. The second-order valence-corrected chi connectivity index (χ2v) is 7.09. The average Bonchev–Trinajstić information content (AvgIpc) is 2.96. The molecule has 1 saturated heterocycles. The predicted octanol–water partition coefficient (Wildman–Crippen LogP) is 3.72. The molecule has 0 radical (unpaired) electrons. The van der Waals surface area contributed by atoms with Crippen molar-refractivity contribution < 1.29 is 4.79 Å². The third-order valence-corrected chi connectivity index (χ3v) is 4.56. The Hall–Kier alpha value is -1.58. The number of hydrogen-bond acceptors (Lipinski definition) is 2. The van der Waals surface area contributed by atoms with Gasteiger partial charge in [-0.1, -0.05) is 18.6 Å². The van der Waals surface area contributed by atoms with Crippen LogP contribution in [0.15, 0.2) is 24.0 Å². The quantitative estimate of drug-likeness (QED) is 0.780. The fraction of sp³-hybridized carbons (Fsp3) is 0.667. The number of carbonyl (C=O) groups is 1. The van der Waals surface area contributed by atoms with Gasteiger partial charge in [0.2, 0.25) is 5.91 Å². The van der Waals surface area contributed by atoms with Crippen LogP contribution in [0.25, 0.3) is 0 Å². The lowest BCUT2D eigenvalue weighted by atomic mass is 9.77. The predicted molar refractivity (Wildman–Crippen MR) is 89.5 cm³/mol. The molecule has 1 aliphatic heterocycles. The van der Waals surface area contributed by atoms with Gasteiger partial charge in [-0.05, 0) is 44.9 Å². The van der Waals surface area contributed by atoms with Gasteiger partial charge in [0.1, 0.15) is 5.82 Å². The first kappa shape index (κ1) is 16.8. The fourth-order valence-corrected chi connectivity index (χ4v) is 3.18. The smallest absolute Gasteiger partial charge is 0.222 e. The van der Waals surface area contributed by atoms with E-state index >= 15 is 0 Å². The molecule has 1 atom stereocenters. The lowest BCUT2D eigenvalue weighted by Gasteiger charge is -2.40. The molecule has 4 nitrogen and oxygen atoms in total. The zero-order chi connectivity index (χ0) is 16.0. The van der Waals surface area contributed by atoms with Crippen LogP contribution in [0, 0.1) is 5.41 Å². The number of H-pyrrole nitrogens is 1. The summed E-state index contributed by atoms with van der Waals surface area (Å²) < 4.78 is 0. The van der Waals surface area contributed by atoms with Crippen molar-refractivity contribution >= 4 is 5.91 Å². The van der Waals surface area contributed by atoms with Crippen LogP contribution in [-0.2, 0) is 11.2 Å². The van der Waals surface area contributed by atoms with Crippen molar-refractivity contribution in [1.82, 2.24) is 14.9 Å². The number of amides is 1. The van der Waals surface area contributed by atoms with E-state index in [1.54, 1.807) is 6.20 Å². The van der Waals surface area contributed by atoms with Gasteiger partial charge in [0.25, 0.3) is 0 Å². The van der Waals surface area contributed by atoms with E-state index in [4.69, 9.17) is 0 Å². The van der Waals surface area contributed by atoms with Crippen molar-refractivity contribution in [3.05, 3.63) is 29.9 Å². The maximum absolute atomic E-state index is 12.1. The summed E-state index contributed by atoms with van der Waals surface area (Å²) in [6, 6.07) is 0. The molecular weight excluding hydrogens is 274 g/mol. The van der Waals surface area contributed by atoms with Gasteiger partial charge < -0.3 is 9.88 Å². The number of hydrogen-bond donors (Lipinski definition) is 1. The highest BCUT2D eigenvalue weighted by atomic mass is 16.2. The Balaban J connectivity index is 1.81. The monoisotopic (exact) mass is 303 g/mol. The molecule has 2 rings (SSSR count). The number of aryl methyl sites for hydroxylation is 1. The largest absolute Gasteiger partial charge is 0.349 e. The van der Waals surface area contributed by atoms with E-state index in [2.05, 4.69) is 41.7 Å². The summed E-state index contributed by atoms with van der Waals surface area (Å²) in [6.45, 7) is 8.37. The molecule has 1 fully saturated rings. The second kappa shape index (κ2) is 7.61. The third kappa shape index (κ3) is 5.00. The topological polar surface area (TPSA) is 49.0 Å². The lowest BCUT2D eigenvalue weighted by molar-refractivity contribution is -0.137. The Morgan fingerprint density at radius 2 is 2.32 bits per heavy atom. The van der Waals surface area contributed by atoms with E-state index in [9.17, 15) is 4.79 Å². The van der Waals surface area contributed by atoms with Gasteiger partial charge in [0.15, 0.2) is 0 Å². The summed E-state index contributed by atoms with van der Waals surface area (Å²) in [7, 11) is 0. The zero-order valence-corrected chi connectivity index (χ0v) is 14.2. The number of nitrogens with one attached hydrogen (secondary N) is 1. The normalized spacial score (nSPS) is 22.0. The van der Waals surface area contributed by atoms with E-state index in [0.29, 0.717) is 12.3 Å². The molecule has 1 amide bonds. The molecule has 1 N–H and O–H groups in total. The number of carbonyl (C=O) groups excluding carboxylic acids is 1. The SMILES string of the molecule is CC(C)=CCC[C@]1(C)CCC(=O)N(CCCc2ncc[nH]2)C1. The van der Waals surface area contributed by atoms with Gasteiger partial charge in [-0.15, -0.1) is 0 Å². The van der Waals surface area contributed by atoms with Crippen LogP contribution < -0.4 is 0 Å². The van der Waals surface area contributed by atoms with E-state index in [0.717, 1.165) is 44.6 Å². The minimum Gasteiger partial charge on any atom is -0.349 e. The highest BCUT2D eigenvalue weighted by Crippen LogP contribution is 2.35. The van der Waals surface area contributed by atoms with Crippen LogP contribution in [0.4, 0.5) is 0 Å². The summed E-state index contributed by atoms with van der Waals surface area (Å²) in [6.07, 6.45) is 11.8. The van der Waals surface area contributed by atoms with Gasteiger partial charge in [-0.3, -0.25) is 4.79 Å². The van der Waals surface area contributed by atoms with E-state index in [1.165, 1.54) is 12.0 Å². The highest BCUT2D eigenvalue weighted by molar-refractivity contribution is 5.77. The molecule has 0 saturated carbocycles. The molecule has 122 valence electrons. The Morgan fingerprint density at radius 1 is 1.50 bits per heavy atom. The maximum atomic E-state index is 12.1. The minimum absolute atomic E-state index is 0.268. The fourth-order valence-electron chi connectivity index (χ4n) is 3.18. The van der Waals surface area contributed by atoms with Gasteiger partial charge >= 0.3 is 0 Å². The molecule has 1 aromatic heterocycles. The molecule has 0 unspecified atom stereocenters. The van der Waals surface area contributed by atoms with Crippen molar-refractivity contribution in [2.24, 2.45) is 5.41 Å². The summed E-state index contributed by atoms with van der Waals surface area (Å²) >= 11 is 0. The van der Waals surface area contributed by atoms with Gasteiger partial charge in [0, 0.05) is 38.3 Å². The van der Waals surface area contributed by atoms with Crippen LogP contribution in [0.5, 0.6) is 0 Å². The van der Waals surface area contributed by atoms with Gasteiger partial charge in [-0.2, -0.15) is 0 Å². The molecule has 0 spiro atoms. The van der Waals surface area contributed by atoms with Gasteiger partial charge in [-0.25, -0.2) is 4.98 Å². The standard InChI is InChI=1S/C18H29N3O/c1-15(2)6-4-9-18(3)10-8-17(22)21(14-18)13-5-7-16-19-11-12-20-16/h6,11-12H,4-5,7-10,13-14H2,1-3H3,(H,19,20)/t18-/m1/s1. The number of rotatable bonds is 7. The zero-order valence-electron chi connectivity index (χ0n) is 14.2. The molecule has 2 heterocycles. The van der Waals surface area contributed by atoms with Crippen LogP contribution >= 0.6 is 0 Å². The Labute approximate surface area is 134 Å². The maximum Gasteiger partial charge on any atom is 0.222 e. The van der Waals surface area contributed by atoms with Crippen molar-refractivity contribution in [2.45, 2.75) is 59.3 Å². The Bertz CT molecular complexity index is 502. The molecule has 1 aliphatic rings. The van der Waals surface area contributed by atoms with Crippen LogP contribution in [0.1, 0.15) is 58.7 Å². The third-order valence-electron chi connectivity index (χ3n) is 4.56. The first-order valence-corrected chi connectivity index (χ1v) is 8.38. The van der Waals surface area contributed by atoms with Gasteiger partial charge in [0.05, 0.1) is 0 Å². The summed E-state index contributed by atoms with van der Waals surface area (Å²) in [5.74, 6) is 1.33. The number of imidazole rings is 1. The summed E-state index contributed by atoms with van der Waals surface area (Å²) in [5.41, 5.74) is 1.65. The molecule has 0 aliphatic carbocycles. The van der Waals surface area contributed by atoms with Crippen LogP contribution in [-0.4, -0.2) is 33.9 Å². The minimum atomic E-state index is 0.268. The number of piperidine rings is 1. The Kier molecular flexibility index (Phi) is 5.81. The first-order valence-electron chi connectivity index (χ1n) is 8.38. The molecule has 22 heavy (non-hydrogen) atoms. The van der Waals surface area contributed by atoms with Crippen LogP contribution in [0.3, 0.4) is 0 Å². The van der Waals surface area contributed by atoms with Crippen LogP contribution in [0.2, 0.25) is 0 Å². The highest BCUT2D eigenvalue weighted by Gasteiger charge is 2.33. The average molecular weight is 303 g/mol. The lowest BCUT2D eigenvalue weighted by Crippen LogP contribution is -2.45. The number of aromatic amines is 1. The van der Waals surface area contributed by atoms with Crippen molar-refractivity contribution in [2.75, 3.05) is 13.1 Å². The van der Waals surface area contributed by atoms with E-state index < -0.39 is 0 Å². The second-order valence-electron chi connectivity index (χ2n) is 7.09. The summed E-state index contributed by atoms with van der Waals surface area (Å²) in [4.78, 5) is 21.6. The van der Waals surface area contributed by atoms with E-state index in [1.807, 2.05) is 6.20 Å². The van der Waals surface area contributed by atoms with Crippen molar-refractivity contribution in [1.29, 1.82) is 0 Å². The molecule has 4 heteroatoms. The van der Waals surface area contributed by atoms with Crippen molar-refractivity contribution in [3.8, 4) is 0 Å². The molecule has 0 aromatic carbocycles. The number of allylic oxidation sites excluding steroid dienone is 2. The van der Waals surface area contributed by atoms with E-state index in [-0.39, 0.29) is 5.41 Å². The number of likely N-dealkylation sites (tertiary alicyclic amines) is 1. The number of nitrogens with zero attached hydrogens (tertiary/aromatic N) is 2. The summed E-state index contributed by atoms with van der Waals surface area (Å²) in [5, 5.41) is 0. The number of aromatic nitrogens is 2. The Morgan fingerprint density at radius 3 is 3.00 bits per heavy atom. The molecule has 1 aromatic rings. The molecule has 0 bridgehead atoms.